The molecule has 2 amide bonds. The number of fused-ring (bicyclic) bond motifs is 1. The number of nitrogens with one attached hydrogen (secondary N) is 1. The average Bonchev–Trinajstić information content (AvgIpc) is 3.40. The number of amides is 2. The van der Waals surface area contributed by atoms with Crippen molar-refractivity contribution < 1.29 is 9.59 Å². The van der Waals surface area contributed by atoms with E-state index >= 15 is 0 Å². The van der Waals surface area contributed by atoms with Gasteiger partial charge in [-0.15, -0.1) is 0 Å². The summed E-state index contributed by atoms with van der Waals surface area (Å²) in [5.74, 6) is 1.73. The summed E-state index contributed by atoms with van der Waals surface area (Å²) in [5, 5.41) is 3.83. The molecule has 2 aromatic heterocycles. The number of carbonyl (C=O) groups is 2. The molecule has 29 heavy (non-hydrogen) atoms. The van der Waals surface area contributed by atoms with Gasteiger partial charge in [-0.05, 0) is 36.2 Å². The molecule has 0 spiro atoms. The summed E-state index contributed by atoms with van der Waals surface area (Å²) in [4.78, 5) is 32.4. The van der Waals surface area contributed by atoms with Crippen LogP contribution in [0.4, 0.5) is 0 Å². The summed E-state index contributed by atoms with van der Waals surface area (Å²) in [5.41, 5.74) is 1.41. The largest absolute Gasteiger partial charge is 0.340 e. The van der Waals surface area contributed by atoms with Crippen LogP contribution in [0.3, 0.4) is 0 Å². The molecule has 1 saturated heterocycles. The molecule has 6 nitrogen and oxygen atoms in total. The van der Waals surface area contributed by atoms with Gasteiger partial charge in [0.15, 0.2) is 5.13 Å². The van der Waals surface area contributed by atoms with Crippen LogP contribution in [0.5, 0.6) is 0 Å². The minimum absolute atomic E-state index is 0.0161. The summed E-state index contributed by atoms with van der Waals surface area (Å²) < 4.78 is 2.90. The average molecular weight is 429 g/mol. The number of rotatable bonds is 5. The van der Waals surface area contributed by atoms with Crippen LogP contribution < -0.4 is 5.32 Å². The molecule has 1 aliphatic heterocycles. The first-order valence-electron chi connectivity index (χ1n) is 9.74. The van der Waals surface area contributed by atoms with Gasteiger partial charge in [0.1, 0.15) is 6.04 Å². The number of hydrogen-bond donors (Lipinski definition) is 1. The van der Waals surface area contributed by atoms with Crippen LogP contribution in [0.2, 0.25) is 0 Å². The van der Waals surface area contributed by atoms with Gasteiger partial charge in [-0.2, -0.15) is 11.8 Å². The van der Waals surface area contributed by atoms with E-state index in [1.54, 1.807) is 6.07 Å². The number of nitrogens with zero attached hydrogens (tertiary/aromatic N) is 3. The topological polar surface area (TPSA) is 67.2 Å². The lowest BCUT2D eigenvalue weighted by Crippen LogP contribution is -2.53. The van der Waals surface area contributed by atoms with Crippen molar-refractivity contribution in [1.29, 1.82) is 0 Å². The fourth-order valence-corrected chi connectivity index (χ4v) is 5.22. The maximum atomic E-state index is 12.9. The lowest BCUT2D eigenvalue weighted by atomic mass is 10.0. The Labute approximate surface area is 178 Å². The monoisotopic (exact) mass is 428 g/mol. The summed E-state index contributed by atoms with van der Waals surface area (Å²) in [7, 11) is 0. The zero-order valence-corrected chi connectivity index (χ0v) is 18.1. The Morgan fingerprint density at radius 2 is 1.86 bits per heavy atom. The van der Waals surface area contributed by atoms with Crippen molar-refractivity contribution in [2.75, 3.05) is 24.6 Å². The van der Waals surface area contributed by atoms with Gasteiger partial charge in [0, 0.05) is 42.6 Å². The fraction of sp³-hybridized carbons (Fsp3) is 0.381. The Hall–Kier alpha value is -2.32. The van der Waals surface area contributed by atoms with E-state index in [0.717, 1.165) is 39.9 Å². The van der Waals surface area contributed by atoms with Crippen LogP contribution in [-0.4, -0.2) is 56.9 Å². The molecule has 0 bridgehead atoms. The minimum Gasteiger partial charge on any atom is -0.340 e. The molecule has 4 rings (SSSR count). The molecule has 0 radical (unpaired) electrons. The maximum Gasteiger partial charge on any atom is 0.251 e. The molecule has 1 aromatic carbocycles. The Bertz CT molecular complexity index is 1010. The van der Waals surface area contributed by atoms with E-state index in [4.69, 9.17) is 0 Å². The Kier molecular flexibility index (Phi) is 5.91. The van der Waals surface area contributed by atoms with E-state index in [0.29, 0.717) is 5.56 Å². The second kappa shape index (κ2) is 8.59. The lowest BCUT2D eigenvalue weighted by molar-refractivity contribution is -0.133. The molecule has 1 atom stereocenters. The number of aromatic nitrogens is 2. The number of hydrogen-bond acceptors (Lipinski definition) is 5. The van der Waals surface area contributed by atoms with Crippen molar-refractivity contribution in [2.24, 2.45) is 5.92 Å². The smallest absolute Gasteiger partial charge is 0.251 e. The van der Waals surface area contributed by atoms with E-state index in [1.807, 2.05) is 71.7 Å². The fourth-order valence-electron chi connectivity index (χ4n) is 3.34. The van der Waals surface area contributed by atoms with Gasteiger partial charge < -0.3 is 14.8 Å². The first-order chi connectivity index (χ1) is 14.0. The SMILES string of the molecule is CC(C)[C@H](NC(=O)c1ccc2nc(-n3cccc3)sc2c1)C(=O)N1CCSCC1. The molecule has 0 aliphatic carbocycles. The zero-order valence-electron chi connectivity index (χ0n) is 16.5. The summed E-state index contributed by atoms with van der Waals surface area (Å²) in [6, 6.07) is 8.88. The second-order valence-electron chi connectivity index (χ2n) is 7.40. The molecule has 1 N–H and O–H groups in total. The predicted octanol–water partition coefficient (Wildman–Crippen LogP) is 3.42. The summed E-state index contributed by atoms with van der Waals surface area (Å²) >= 11 is 3.40. The third-order valence-electron chi connectivity index (χ3n) is 5.01. The Morgan fingerprint density at radius 1 is 1.14 bits per heavy atom. The highest BCUT2D eigenvalue weighted by molar-refractivity contribution is 7.99. The van der Waals surface area contributed by atoms with Crippen LogP contribution in [0.25, 0.3) is 15.3 Å². The van der Waals surface area contributed by atoms with Crippen molar-refractivity contribution in [3.63, 3.8) is 0 Å². The second-order valence-corrected chi connectivity index (χ2v) is 9.64. The quantitative estimate of drug-likeness (QED) is 0.676. The van der Waals surface area contributed by atoms with Crippen LogP contribution in [0, 0.1) is 5.92 Å². The molecular formula is C21H24N4O2S2. The number of benzene rings is 1. The third-order valence-corrected chi connectivity index (χ3v) is 6.98. The number of carbonyl (C=O) groups excluding carboxylic acids is 2. The van der Waals surface area contributed by atoms with E-state index in [-0.39, 0.29) is 17.7 Å². The van der Waals surface area contributed by atoms with Gasteiger partial charge in [0.2, 0.25) is 5.91 Å². The van der Waals surface area contributed by atoms with Crippen molar-refractivity contribution in [3.05, 3.63) is 48.3 Å². The third kappa shape index (κ3) is 4.33. The van der Waals surface area contributed by atoms with Gasteiger partial charge in [-0.1, -0.05) is 25.2 Å². The van der Waals surface area contributed by atoms with Crippen molar-refractivity contribution >= 4 is 45.1 Å². The van der Waals surface area contributed by atoms with E-state index in [2.05, 4.69) is 10.3 Å². The first-order valence-corrected chi connectivity index (χ1v) is 11.7. The summed E-state index contributed by atoms with van der Waals surface area (Å²) in [6.45, 7) is 5.43. The molecule has 152 valence electrons. The number of thiazole rings is 1. The van der Waals surface area contributed by atoms with Crippen LogP contribution in [0.1, 0.15) is 24.2 Å². The minimum atomic E-state index is -0.516. The van der Waals surface area contributed by atoms with Gasteiger partial charge in [-0.25, -0.2) is 4.98 Å². The molecule has 1 aliphatic rings. The molecule has 0 saturated carbocycles. The lowest BCUT2D eigenvalue weighted by Gasteiger charge is -2.32. The Morgan fingerprint density at radius 3 is 2.55 bits per heavy atom. The molecule has 3 heterocycles. The molecule has 3 aromatic rings. The zero-order chi connectivity index (χ0) is 20.4. The van der Waals surface area contributed by atoms with Crippen LogP contribution in [-0.2, 0) is 4.79 Å². The molecule has 8 heteroatoms. The van der Waals surface area contributed by atoms with Gasteiger partial charge in [0.05, 0.1) is 10.2 Å². The van der Waals surface area contributed by atoms with Gasteiger partial charge in [-0.3, -0.25) is 9.59 Å². The molecular weight excluding hydrogens is 404 g/mol. The van der Waals surface area contributed by atoms with Crippen molar-refractivity contribution in [3.8, 4) is 5.13 Å². The summed E-state index contributed by atoms with van der Waals surface area (Å²) in [6.07, 6.45) is 3.90. The highest BCUT2D eigenvalue weighted by Crippen LogP contribution is 2.26. The highest BCUT2D eigenvalue weighted by atomic mass is 32.2. The maximum absolute atomic E-state index is 12.9. The van der Waals surface area contributed by atoms with E-state index < -0.39 is 6.04 Å². The Balaban J connectivity index is 1.52. The molecule has 0 unspecified atom stereocenters. The predicted molar refractivity (Wildman–Crippen MR) is 119 cm³/mol. The van der Waals surface area contributed by atoms with E-state index in [1.165, 1.54) is 11.3 Å². The molecule has 1 fully saturated rings. The van der Waals surface area contributed by atoms with Gasteiger partial charge >= 0.3 is 0 Å². The standard InChI is InChI=1S/C21H24N4O2S2/c1-14(2)18(20(27)24-9-11-28-12-10-24)23-19(26)15-5-6-16-17(13-15)29-21(22-16)25-7-3-4-8-25/h3-8,13-14,18H,9-12H2,1-2H3,(H,23,26)/t18-/m0/s1. The highest BCUT2D eigenvalue weighted by Gasteiger charge is 2.29. The van der Waals surface area contributed by atoms with Crippen LogP contribution >= 0.6 is 23.1 Å². The van der Waals surface area contributed by atoms with Crippen molar-refractivity contribution in [1.82, 2.24) is 19.8 Å². The normalized spacial score (nSPS) is 15.6. The van der Waals surface area contributed by atoms with Crippen LogP contribution in [0.15, 0.2) is 42.7 Å². The van der Waals surface area contributed by atoms with Crippen molar-refractivity contribution in [2.45, 2.75) is 19.9 Å². The van der Waals surface area contributed by atoms with E-state index in [9.17, 15) is 9.59 Å². The number of thioether (sulfide) groups is 1. The van der Waals surface area contributed by atoms with Gasteiger partial charge in [0.25, 0.3) is 5.91 Å². The first kappa shape index (κ1) is 20.0.